The van der Waals surface area contributed by atoms with Crippen LogP contribution in [0.3, 0.4) is 0 Å². The number of morpholine rings is 1. The highest BCUT2D eigenvalue weighted by molar-refractivity contribution is 14.0. The number of aromatic nitrogens is 2. The van der Waals surface area contributed by atoms with Gasteiger partial charge in [0, 0.05) is 50.5 Å². The van der Waals surface area contributed by atoms with Gasteiger partial charge in [0.15, 0.2) is 5.96 Å². The second-order valence-electron chi connectivity index (χ2n) is 7.76. The zero-order valence-corrected chi connectivity index (χ0v) is 18.9. The number of ether oxygens (including phenoxy) is 2. The van der Waals surface area contributed by atoms with E-state index in [2.05, 4.69) is 27.2 Å². The third-order valence-corrected chi connectivity index (χ3v) is 6.42. The number of rotatable bonds is 4. The molecule has 1 N–H and O–H groups in total. The molecule has 2 saturated carbocycles. The zero-order valence-electron chi connectivity index (χ0n) is 16.6. The van der Waals surface area contributed by atoms with Crippen LogP contribution in [0.15, 0.2) is 17.4 Å². The van der Waals surface area contributed by atoms with E-state index in [1.807, 2.05) is 31.2 Å². The largest absolute Gasteiger partial charge is 0.378 e. The standard InChI is InChI=1S/C19H31N5O2.HI/c1-4-25-17-10-16(19(17)6-5-7-19)22-18(20-2)24-8-9-26-15(13-24)14-11-21-23(3)12-14;/h11-12,15-17H,4-10,13H2,1-3H3,(H,20,22);1H. The van der Waals surface area contributed by atoms with E-state index in [-0.39, 0.29) is 30.1 Å². The van der Waals surface area contributed by atoms with Gasteiger partial charge in [-0.05, 0) is 26.2 Å². The molecule has 0 amide bonds. The van der Waals surface area contributed by atoms with E-state index in [4.69, 9.17) is 9.47 Å². The molecule has 1 saturated heterocycles. The van der Waals surface area contributed by atoms with Gasteiger partial charge >= 0.3 is 0 Å². The first kappa shape index (κ1) is 20.9. The summed E-state index contributed by atoms with van der Waals surface area (Å²) < 4.78 is 13.8. The molecule has 1 aromatic rings. The molecule has 3 fully saturated rings. The average Bonchev–Trinajstić information content (AvgIpc) is 3.03. The van der Waals surface area contributed by atoms with Crippen molar-refractivity contribution < 1.29 is 9.47 Å². The zero-order chi connectivity index (χ0) is 18.1. The fraction of sp³-hybridized carbons (Fsp3) is 0.789. The fourth-order valence-electron chi connectivity index (χ4n) is 4.74. The van der Waals surface area contributed by atoms with Gasteiger partial charge in [-0.25, -0.2) is 0 Å². The van der Waals surface area contributed by atoms with Gasteiger partial charge in [0.25, 0.3) is 0 Å². The molecule has 2 aliphatic carbocycles. The Labute approximate surface area is 178 Å². The molecule has 0 aromatic carbocycles. The van der Waals surface area contributed by atoms with Gasteiger partial charge in [0.1, 0.15) is 6.10 Å². The predicted octanol–water partition coefficient (Wildman–Crippen LogP) is 2.33. The van der Waals surface area contributed by atoms with E-state index >= 15 is 0 Å². The van der Waals surface area contributed by atoms with Crippen LogP contribution < -0.4 is 5.32 Å². The van der Waals surface area contributed by atoms with Crippen molar-refractivity contribution in [3.05, 3.63) is 18.0 Å². The Morgan fingerprint density at radius 3 is 2.89 bits per heavy atom. The normalized spacial score (nSPS) is 29.7. The first-order valence-corrected chi connectivity index (χ1v) is 9.86. The average molecular weight is 489 g/mol. The van der Waals surface area contributed by atoms with E-state index in [0.29, 0.717) is 24.2 Å². The Hall–Kier alpha value is -0.870. The molecule has 4 rings (SSSR count). The molecule has 8 heteroatoms. The summed E-state index contributed by atoms with van der Waals surface area (Å²) >= 11 is 0. The van der Waals surface area contributed by atoms with Crippen LogP contribution in [0.25, 0.3) is 0 Å². The molecule has 27 heavy (non-hydrogen) atoms. The molecule has 0 radical (unpaired) electrons. The van der Waals surface area contributed by atoms with Crippen molar-refractivity contribution in [3.63, 3.8) is 0 Å². The van der Waals surface area contributed by atoms with E-state index < -0.39 is 0 Å². The van der Waals surface area contributed by atoms with Crippen molar-refractivity contribution >= 4 is 29.9 Å². The van der Waals surface area contributed by atoms with Crippen molar-refractivity contribution in [1.29, 1.82) is 0 Å². The Bertz CT molecular complexity index is 660. The highest BCUT2D eigenvalue weighted by atomic mass is 127. The third kappa shape index (κ3) is 3.85. The summed E-state index contributed by atoms with van der Waals surface area (Å²) in [6.45, 7) is 5.28. The van der Waals surface area contributed by atoms with Crippen molar-refractivity contribution in [2.75, 3.05) is 33.4 Å². The summed E-state index contributed by atoms with van der Waals surface area (Å²) in [5, 5.41) is 8.03. The lowest BCUT2D eigenvalue weighted by Gasteiger charge is -2.61. The van der Waals surface area contributed by atoms with Crippen molar-refractivity contribution in [1.82, 2.24) is 20.0 Å². The van der Waals surface area contributed by atoms with Gasteiger partial charge in [0.05, 0.1) is 25.5 Å². The SMILES string of the molecule is CCOC1CC(NC(=NC)N2CCOC(c3cnn(C)c3)C2)C12CCC2.I. The van der Waals surface area contributed by atoms with Gasteiger partial charge in [-0.3, -0.25) is 9.67 Å². The number of aliphatic imine (C=N–C) groups is 1. The monoisotopic (exact) mass is 489 g/mol. The Kier molecular flexibility index (Phi) is 6.68. The number of aryl methyl sites for hydroxylation is 1. The summed E-state index contributed by atoms with van der Waals surface area (Å²) in [4.78, 5) is 6.90. The molecule has 1 aromatic heterocycles. The number of guanidine groups is 1. The first-order chi connectivity index (χ1) is 12.7. The molecule has 3 atom stereocenters. The second-order valence-corrected chi connectivity index (χ2v) is 7.76. The topological polar surface area (TPSA) is 63.9 Å². The molecule has 3 unspecified atom stereocenters. The fourth-order valence-corrected chi connectivity index (χ4v) is 4.74. The summed E-state index contributed by atoms with van der Waals surface area (Å²) in [6, 6.07) is 0.478. The lowest BCUT2D eigenvalue weighted by atomic mass is 9.51. The molecule has 3 aliphatic rings. The number of hydrogen-bond donors (Lipinski definition) is 1. The molecule has 1 aliphatic heterocycles. The number of nitrogens with one attached hydrogen (secondary N) is 1. The highest BCUT2D eigenvalue weighted by Gasteiger charge is 2.59. The number of nitrogens with zero attached hydrogens (tertiary/aromatic N) is 4. The summed E-state index contributed by atoms with van der Waals surface area (Å²) in [7, 11) is 3.82. The van der Waals surface area contributed by atoms with Crippen molar-refractivity contribution in [3.8, 4) is 0 Å². The Balaban J connectivity index is 0.00000210. The highest BCUT2D eigenvalue weighted by Crippen LogP contribution is 2.57. The lowest BCUT2D eigenvalue weighted by molar-refractivity contribution is -0.169. The minimum absolute atomic E-state index is 0. The quantitative estimate of drug-likeness (QED) is 0.400. The predicted molar refractivity (Wildman–Crippen MR) is 115 cm³/mol. The van der Waals surface area contributed by atoms with Crippen molar-refractivity contribution in [2.24, 2.45) is 17.5 Å². The molecular weight excluding hydrogens is 457 g/mol. The lowest BCUT2D eigenvalue weighted by Crippen LogP contribution is -2.69. The number of halogens is 1. The van der Waals surface area contributed by atoms with Gasteiger partial charge in [-0.1, -0.05) is 6.42 Å². The van der Waals surface area contributed by atoms with E-state index in [0.717, 1.165) is 37.6 Å². The van der Waals surface area contributed by atoms with Crippen LogP contribution in [0.5, 0.6) is 0 Å². The van der Waals surface area contributed by atoms with E-state index in [9.17, 15) is 0 Å². The van der Waals surface area contributed by atoms with Crippen LogP contribution in [0, 0.1) is 5.41 Å². The molecule has 0 bridgehead atoms. The van der Waals surface area contributed by atoms with Crippen LogP contribution in [0.2, 0.25) is 0 Å². The van der Waals surface area contributed by atoms with Crippen LogP contribution in [0.1, 0.15) is 44.3 Å². The van der Waals surface area contributed by atoms with E-state index in [1.54, 1.807) is 0 Å². The van der Waals surface area contributed by atoms with E-state index in [1.165, 1.54) is 19.3 Å². The maximum absolute atomic E-state index is 5.98. The van der Waals surface area contributed by atoms with Gasteiger partial charge in [-0.2, -0.15) is 5.10 Å². The summed E-state index contributed by atoms with van der Waals surface area (Å²) in [6.07, 6.45) is 9.35. The minimum atomic E-state index is 0. The van der Waals surface area contributed by atoms with Crippen LogP contribution >= 0.6 is 24.0 Å². The number of hydrogen-bond acceptors (Lipinski definition) is 4. The Morgan fingerprint density at radius 1 is 1.48 bits per heavy atom. The van der Waals surface area contributed by atoms with Crippen molar-refractivity contribution in [2.45, 2.75) is 50.9 Å². The van der Waals surface area contributed by atoms with Crippen LogP contribution in [-0.4, -0.2) is 66.1 Å². The Morgan fingerprint density at radius 2 is 2.30 bits per heavy atom. The van der Waals surface area contributed by atoms with Gasteiger partial charge in [0.2, 0.25) is 0 Å². The maximum Gasteiger partial charge on any atom is 0.194 e. The molecular formula is C19H32IN5O2. The molecule has 2 heterocycles. The third-order valence-electron chi connectivity index (χ3n) is 6.42. The molecule has 1 spiro atoms. The molecule has 7 nitrogen and oxygen atoms in total. The summed E-state index contributed by atoms with van der Waals surface area (Å²) in [5.74, 6) is 0.994. The smallest absolute Gasteiger partial charge is 0.194 e. The van der Waals surface area contributed by atoms with Crippen LogP contribution in [-0.2, 0) is 16.5 Å². The van der Waals surface area contributed by atoms with Crippen LogP contribution in [0.4, 0.5) is 0 Å². The minimum Gasteiger partial charge on any atom is -0.378 e. The second kappa shape index (κ2) is 8.65. The molecule has 152 valence electrons. The first-order valence-electron chi connectivity index (χ1n) is 9.86. The maximum atomic E-state index is 5.98. The summed E-state index contributed by atoms with van der Waals surface area (Å²) in [5.41, 5.74) is 1.46. The van der Waals surface area contributed by atoms with Gasteiger partial charge in [-0.15, -0.1) is 24.0 Å². The van der Waals surface area contributed by atoms with Gasteiger partial charge < -0.3 is 19.7 Å².